The average molecular weight is 312 g/mol. The van der Waals surface area contributed by atoms with Crippen molar-refractivity contribution < 1.29 is 12.8 Å². The lowest BCUT2D eigenvalue weighted by molar-refractivity contribution is 0.174. The van der Waals surface area contributed by atoms with E-state index >= 15 is 0 Å². The first-order valence-corrected chi connectivity index (χ1v) is 6.74. The smallest absolute Gasteiger partial charge is 0.215 e. The zero-order chi connectivity index (χ0) is 12.6. The molecule has 0 aliphatic carbocycles. The van der Waals surface area contributed by atoms with E-state index in [0.717, 1.165) is 6.92 Å². The van der Waals surface area contributed by atoms with Crippen molar-refractivity contribution in [3.8, 4) is 0 Å². The minimum Gasteiger partial charge on any atom is -0.237 e. The third-order valence-electron chi connectivity index (χ3n) is 2.31. The lowest BCUT2D eigenvalue weighted by Gasteiger charge is -2.24. The molecule has 8 heteroatoms. The third kappa shape index (κ3) is 2.74. The number of nitrogens with two attached hydrogens (primary N) is 1. The van der Waals surface area contributed by atoms with Crippen molar-refractivity contribution in [2.45, 2.75) is 24.8 Å². The molecule has 0 aromatic carbocycles. The highest BCUT2D eigenvalue weighted by Crippen LogP contribution is 2.29. The van der Waals surface area contributed by atoms with Crippen LogP contribution >= 0.6 is 15.9 Å². The minimum absolute atomic E-state index is 0.211. The molecule has 16 heavy (non-hydrogen) atoms. The second kappa shape index (κ2) is 4.34. The molecule has 0 radical (unpaired) electrons. The summed E-state index contributed by atoms with van der Waals surface area (Å²) >= 11 is 3.10. The maximum atomic E-state index is 14.2. The van der Waals surface area contributed by atoms with Crippen LogP contribution in [0.4, 0.5) is 4.39 Å². The summed E-state index contributed by atoms with van der Waals surface area (Å²) in [5.74, 6) is -0.211. The molecule has 0 saturated carbocycles. The van der Waals surface area contributed by atoms with Gasteiger partial charge in [-0.1, -0.05) is 0 Å². The zero-order valence-corrected chi connectivity index (χ0v) is 11.1. The Labute approximate surface area is 101 Å². The first-order chi connectivity index (χ1) is 7.15. The van der Waals surface area contributed by atoms with Crippen LogP contribution in [0.3, 0.4) is 0 Å². The minimum atomic E-state index is -3.99. The number of alkyl halides is 1. The van der Waals surface area contributed by atoms with E-state index < -0.39 is 20.9 Å². The third-order valence-corrected chi connectivity index (χ3v) is 4.15. The Morgan fingerprint density at radius 3 is 2.31 bits per heavy atom. The second-order valence-corrected chi connectivity index (χ2v) is 6.33. The number of sulfonamides is 1. The van der Waals surface area contributed by atoms with Gasteiger partial charge in [0.1, 0.15) is 5.25 Å². The van der Waals surface area contributed by atoms with E-state index in [1.165, 1.54) is 19.3 Å². The molecule has 0 spiro atoms. The summed E-state index contributed by atoms with van der Waals surface area (Å²) < 4.78 is 37.0. The highest BCUT2D eigenvalue weighted by atomic mass is 79.9. The highest BCUT2D eigenvalue weighted by molar-refractivity contribution is 9.10. The largest absolute Gasteiger partial charge is 0.237 e. The summed E-state index contributed by atoms with van der Waals surface area (Å²) in [6.07, 6.45) is 2.69. The zero-order valence-electron chi connectivity index (χ0n) is 8.68. The van der Waals surface area contributed by atoms with E-state index in [9.17, 15) is 12.8 Å². The number of primary sulfonamides is 1. The van der Waals surface area contributed by atoms with Gasteiger partial charge in [-0.3, -0.25) is 0 Å². The number of aromatic nitrogens is 2. The Morgan fingerprint density at radius 2 is 1.94 bits per heavy atom. The molecule has 0 saturated heterocycles. The SMILES string of the molecule is CC([C@](C)(F)c1ncc(Br)cn1)S(N)(=O)=O. The van der Waals surface area contributed by atoms with Crippen LogP contribution in [0.15, 0.2) is 16.9 Å². The summed E-state index contributed by atoms with van der Waals surface area (Å²) in [5.41, 5.74) is -2.23. The molecule has 0 amide bonds. The Kier molecular flexibility index (Phi) is 3.65. The average Bonchev–Trinajstić information content (AvgIpc) is 2.16. The Bertz CT molecular complexity index is 475. The molecule has 90 valence electrons. The van der Waals surface area contributed by atoms with Crippen molar-refractivity contribution in [2.75, 3.05) is 0 Å². The Morgan fingerprint density at radius 1 is 1.50 bits per heavy atom. The van der Waals surface area contributed by atoms with Crippen LogP contribution in [-0.2, 0) is 15.7 Å². The number of hydrogen-bond donors (Lipinski definition) is 1. The van der Waals surface area contributed by atoms with Crippen LogP contribution in [0.1, 0.15) is 19.7 Å². The summed E-state index contributed by atoms with van der Waals surface area (Å²) in [6.45, 7) is 2.27. The molecule has 1 unspecified atom stereocenters. The van der Waals surface area contributed by atoms with Gasteiger partial charge < -0.3 is 0 Å². The molecular formula is C8H11BrFN3O2S. The van der Waals surface area contributed by atoms with Crippen molar-refractivity contribution in [3.05, 3.63) is 22.7 Å². The van der Waals surface area contributed by atoms with Gasteiger partial charge in [-0.05, 0) is 29.8 Å². The van der Waals surface area contributed by atoms with Gasteiger partial charge in [0.2, 0.25) is 10.0 Å². The van der Waals surface area contributed by atoms with E-state index in [4.69, 9.17) is 5.14 Å². The van der Waals surface area contributed by atoms with Gasteiger partial charge in [0, 0.05) is 12.4 Å². The van der Waals surface area contributed by atoms with Gasteiger partial charge in [-0.25, -0.2) is 27.9 Å². The second-order valence-electron chi connectivity index (χ2n) is 3.53. The topological polar surface area (TPSA) is 85.9 Å². The van der Waals surface area contributed by atoms with Crippen molar-refractivity contribution in [3.63, 3.8) is 0 Å². The van der Waals surface area contributed by atoms with Gasteiger partial charge in [0.05, 0.1) is 4.47 Å². The van der Waals surface area contributed by atoms with Gasteiger partial charge >= 0.3 is 0 Å². The van der Waals surface area contributed by atoms with E-state index in [2.05, 4.69) is 25.9 Å². The van der Waals surface area contributed by atoms with Crippen LogP contribution in [0.2, 0.25) is 0 Å². The Balaban J connectivity index is 3.16. The molecular weight excluding hydrogens is 301 g/mol. The first kappa shape index (κ1) is 13.5. The van der Waals surface area contributed by atoms with E-state index in [-0.39, 0.29) is 5.82 Å². The quantitative estimate of drug-likeness (QED) is 0.905. The van der Waals surface area contributed by atoms with Crippen LogP contribution in [0.25, 0.3) is 0 Å². The summed E-state index contributed by atoms with van der Waals surface area (Å²) in [7, 11) is -3.99. The van der Waals surface area contributed by atoms with Gasteiger partial charge in [0.15, 0.2) is 11.5 Å². The number of halogens is 2. The van der Waals surface area contributed by atoms with Crippen molar-refractivity contribution in [1.82, 2.24) is 9.97 Å². The van der Waals surface area contributed by atoms with E-state index in [1.807, 2.05) is 0 Å². The predicted octanol–water partition coefficient (Wildman–Crippen LogP) is 1.10. The molecule has 0 bridgehead atoms. The Hall–Kier alpha value is -0.600. The molecule has 1 rings (SSSR count). The predicted molar refractivity (Wildman–Crippen MR) is 60.8 cm³/mol. The molecule has 0 aliphatic heterocycles. The van der Waals surface area contributed by atoms with Crippen LogP contribution in [0, 0.1) is 0 Å². The molecule has 2 atom stereocenters. The molecule has 1 aromatic heterocycles. The van der Waals surface area contributed by atoms with E-state index in [0.29, 0.717) is 4.47 Å². The van der Waals surface area contributed by atoms with E-state index in [1.54, 1.807) is 0 Å². The fraction of sp³-hybridized carbons (Fsp3) is 0.500. The lowest BCUT2D eigenvalue weighted by atomic mass is 10.0. The molecule has 1 heterocycles. The molecule has 5 nitrogen and oxygen atoms in total. The standard InChI is InChI=1S/C8H11BrFN3O2S/c1-5(16(11,14)15)8(2,10)7-12-3-6(9)4-13-7/h3-5H,1-2H3,(H2,11,14,15)/t5?,8-/m0/s1. The molecule has 0 aliphatic rings. The maximum Gasteiger partial charge on any atom is 0.215 e. The number of nitrogens with zero attached hydrogens (tertiary/aromatic N) is 2. The monoisotopic (exact) mass is 311 g/mol. The van der Waals surface area contributed by atoms with Gasteiger partial charge in [0.25, 0.3) is 0 Å². The van der Waals surface area contributed by atoms with Gasteiger partial charge in [-0.2, -0.15) is 0 Å². The summed E-state index contributed by atoms with van der Waals surface area (Å²) in [5, 5.41) is 3.48. The number of hydrogen-bond acceptors (Lipinski definition) is 4. The first-order valence-electron chi connectivity index (χ1n) is 4.34. The van der Waals surface area contributed by atoms with Crippen molar-refractivity contribution in [2.24, 2.45) is 5.14 Å². The van der Waals surface area contributed by atoms with Crippen LogP contribution in [0.5, 0.6) is 0 Å². The summed E-state index contributed by atoms with van der Waals surface area (Å²) in [4.78, 5) is 7.46. The molecule has 2 N–H and O–H groups in total. The normalized spacial score (nSPS) is 17.8. The van der Waals surface area contributed by atoms with Crippen molar-refractivity contribution >= 4 is 26.0 Å². The van der Waals surface area contributed by atoms with Gasteiger partial charge in [-0.15, -0.1) is 0 Å². The number of rotatable bonds is 3. The maximum absolute atomic E-state index is 14.2. The molecule has 0 fully saturated rings. The van der Waals surface area contributed by atoms with Crippen LogP contribution in [-0.4, -0.2) is 23.6 Å². The lowest BCUT2D eigenvalue weighted by Crippen LogP contribution is -2.41. The van der Waals surface area contributed by atoms with Crippen molar-refractivity contribution in [1.29, 1.82) is 0 Å². The fourth-order valence-corrected chi connectivity index (χ4v) is 1.98. The van der Waals surface area contributed by atoms with Crippen LogP contribution < -0.4 is 5.14 Å². The molecule has 1 aromatic rings. The summed E-state index contributed by atoms with van der Waals surface area (Å²) in [6, 6.07) is 0. The fourth-order valence-electron chi connectivity index (χ4n) is 1.06. The highest BCUT2D eigenvalue weighted by Gasteiger charge is 2.42.